The summed E-state index contributed by atoms with van der Waals surface area (Å²) in [7, 11) is 4.09. The lowest BCUT2D eigenvalue weighted by atomic mass is 10.2. The Morgan fingerprint density at radius 3 is 2.39 bits per heavy atom. The topological polar surface area (TPSA) is 38.5 Å². The lowest BCUT2D eigenvalue weighted by Gasteiger charge is -2.42. The molecule has 0 aliphatic carbocycles. The number of piperazine rings is 1. The molecule has 4 nitrogen and oxygen atoms in total. The van der Waals surface area contributed by atoms with Crippen molar-refractivity contribution < 1.29 is 9.22 Å². The van der Waals surface area contributed by atoms with Gasteiger partial charge in [-0.15, -0.1) is 0 Å². The Hall–Kier alpha value is -1.26. The summed E-state index contributed by atoms with van der Waals surface area (Å²) in [5, 5.41) is 0. The van der Waals surface area contributed by atoms with Gasteiger partial charge in [0.2, 0.25) is 0 Å². The van der Waals surface area contributed by atoms with Gasteiger partial charge in [0, 0.05) is 18.5 Å². The van der Waals surface area contributed by atoms with Crippen LogP contribution in [0, 0.1) is 0 Å². The number of nitrogens with zero attached hydrogens (tertiary/aromatic N) is 2. The van der Waals surface area contributed by atoms with Crippen molar-refractivity contribution in [2.24, 2.45) is 0 Å². The second-order valence-electron chi connectivity index (χ2n) is 5.36. The van der Waals surface area contributed by atoms with Crippen molar-refractivity contribution in [2.45, 2.75) is 0 Å². The first kappa shape index (κ1) is 13.2. The van der Waals surface area contributed by atoms with Crippen molar-refractivity contribution in [3.8, 4) is 0 Å². The van der Waals surface area contributed by atoms with Crippen LogP contribution in [0.2, 0.25) is 0 Å². The minimum atomic E-state index is 0.830. The lowest BCUT2D eigenvalue weighted by molar-refractivity contribution is -0.910. The van der Waals surface area contributed by atoms with Crippen LogP contribution in [0.1, 0.15) is 0 Å². The van der Waals surface area contributed by atoms with Gasteiger partial charge >= 0.3 is 0 Å². The first-order chi connectivity index (χ1) is 8.63. The fraction of sp³-hybridized carbons (Fsp3) is 0.571. The normalized spacial score (nSPS) is 18.9. The van der Waals surface area contributed by atoms with Gasteiger partial charge in [0.15, 0.2) is 0 Å². The van der Waals surface area contributed by atoms with Crippen molar-refractivity contribution in [3.05, 3.63) is 24.3 Å². The molecule has 0 radical (unpaired) electrons. The summed E-state index contributed by atoms with van der Waals surface area (Å²) in [5.41, 5.74) is 7.83. The van der Waals surface area contributed by atoms with E-state index in [4.69, 9.17) is 10.5 Å². The number of quaternary nitrogens is 1. The van der Waals surface area contributed by atoms with Crippen LogP contribution in [-0.2, 0) is 4.74 Å². The Morgan fingerprint density at radius 2 is 1.83 bits per heavy atom. The number of nitrogen functional groups attached to an aromatic ring is 1. The van der Waals surface area contributed by atoms with Crippen molar-refractivity contribution in [2.75, 3.05) is 64.1 Å². The maximum Gasteiger partial charge on any atom is 0.102 e. The Morgan fingerprint density at radius 1 is 1.22 bits per heavy atom. The quantitative estimate of drug-likeness (QED) is 0.644. The highest BCUT2D eigenvalue weighted by Gasteiger charge is 2.28. The summed E-state index contributed by atoms with van der Waals surface area (Å²) in [6.45, 7) is 6.50. The first-order valence-electron chi connectivity index (χ1n) is 6.56. The van der Waals surface area contributed by atoms with Gasteiger partial charge in [-0.25, -0.2) is 0 Å². The van der Waals surface area contributed by atoms with E-state index < -0.39 is 0 Å². The Kier molecular flexibility index (Phi) is 4.09. The molecule has 0 bridgehead atoms. The lowest BCUT2D eigenvalue weighted by Crippen LogP contribution is -2.58. The standard InChI is InChI=1S/C14H24N3O/c1-17(11-12-18-2)9-7-16(8-10-17)14-5-3-13(15)4-6-14/h3-6H,7-12,15H2,1-2H3/q+1. The molecule has 2 rings (SSSR count). The molecule has 100 valence electrons. The van der Waals surface area contributed by atoms with E-state index in [9.17, 15) is 0 Å². The van der Waals surface area contributed by atoms with Crippen LogP contribution in [0.4, 0.5) is 11.4 Å². The first-order valence-corrected chi connectivity index (χ1v) is 6.56. The van der Waals surface area contributed by atoms with Gasteiger partial charge in [0.05, 0.1) is 39.8 Å². The monoisotopic (exact) mass is 250 g/mol. The molecule has 0 amide bonds. The molecule has 1 fully saturated rings. The Bertz CT molecular complexity index is 369. The summed E-state index contributed by atoms with van der Waals surface area (Å²) in [6, 6.07) is 8.17. The predicted octanol–water partition coefficient (Wildman–Crippen LogP) is 1.18. The van der Waals surface area contributed by atoms with Crippen LogP contribution < -0.4 is 10.6 Å². The average molecular weight is 250 g/mol. The number of rotatable bonds is 4. The largest absolute Gasteiger partial charge is 0.399 e. The van der Waals surface area contributed by atoms with Gasteiger partial charge in [0.25, 0.3) is 0 Å². The number of nitrogens with two attached hydrogens (primary N) is 1. The SMILES string of the molecule is COCC[N+]1(C)CCN(c2ccc(N)cc2)CC1. The highest BCUT2D eigenvalue weighted by Crippen LogP contribution is 2.20. The third kappa shape index (κ3) is 3.15. The van der Waals surface area contributed by atoms with E-state index in [1.54, 1.807) is 7.11 Å². The molecular weight excluding hydrogens is 226 g/mol. The van der Waals surface area contributed by atoms with Crippen molar-refractivity contribution in [1.82, 2.24) is 0 Å². The fourth-order valence-corrected chi connectivity index (χ4v) is 2.43. The van der Waals surface area contributed by atoms with E-state index in [1.165, 1.54) is 18.8 Å². The molecule has 0 atom stereocenters. The third-order valence-corrected chi connectivity index (χ3v) is 3.91. The van der Waals surface area contributed by atoms with Crippen LogP contribution in [0.5, 0.6) is 0 Å². The minimum Gasteiger partial charge on any atom is -0.399 e. The molecule has 1 aromatic rings. The predicted molar refractivity (Wildman–Crippen MR) is 75.7 cm³/mol. The zero-order valence-corrected chi connectivity index (χ0v) is 11.4. The molecule has 1 aliphatic rings. The summed E-state index contributed by atoms with van der Waals surface area (Å²) in [6.07, 6.45) is 0. The molecule has 0 aromatic heterocycles. The molecule has 1 saturated heterocycles. The van der Waals surface area contributed by atoms with E-state index >= 15 is 0 Å². The maximum atomic E-state index is 5.72. The summed E-state index contributed by atoms with van der Waals surface area (Å²) in [4.78, 5) is 2.44. The molecule has 1 heterocycles. The number of hydrogen-bond acceptors (Lipinski definition) is 3. The molecule has 2 N–H and O–H groups in total. The van der Waals surface area contributed by atoms with Gasteiger partial charge in [0.1, 0.15) is 6.54 Å². The molecule has 1 aliphatic heterocycles. The highest BCUT2D eigenvalue weighted by atomic mass is 16.5. The van der Waals surface area contributed by atoms with Crippen molar-refractivity contribution >= 4 is 11.4 Å². The molecular formula is C14H24N3O+. The van der Waals surface area contributed by atoms with Crippen LogP contribution in [0.25, 0.3) is 0 Å². The highest BCUT2D eigenvalue weighted by molar-refractivity contribution is 5.53. The van der Waals surface area contributed by atoms with Crippen LogP contribution in [0.15, 0.2) is 24.3 Å². The van der Waals surface area contributed by atoms with Gasteiger partial charge in [-0.05, 0) is 24.3 Å². The minimum absolute atomic E-state index is 0.830. The Balaban J connectivity index is 1.91. The van der Waals surface area contributed by atoms with Gasteiger partial charge < -0.3 is 19.9 Å². The average Bonchev–Trinajstić information content (AvgIpc) is 2.39. The summed E-state index contributed by atoms with van der Waals surface area (Å²) in [5.74, 6) is 0. The van der Waals surface area contributed by atoms with Gasteiger partial charge in [-0.1, -0.05) is 0 Å². The molecule has 4 heteroatoms. The van der Waals surface area contributed by atoms with Gasteiger partial charge in [-0.2, -0.15) is 0 Å². The zero-order valence-electron chi connectivity index (χ0n) is 11.4. The molecule has 18 heavy (non-hydrogen) atoms. The van der Waals surface area contributed by atoms with Crippen molar-refractivity contribution in [3.63, 3.8) is 0 Å². The van der Waals surface area contributed by atoms with Crippen LogP contribution in [0.3, 0.4) is 0 Å². The number of methoxy groups -OCH3 is 1. The molecule has 1 aromatic carbocycles. The Labute approximate surface area is 110 Å². The molecule has 0 spiro atoms. The second kappa shape index (κ2) is 5.59. The number of likely N-dealkylation sites (N-methyl/N-ethyl adjacent to an activating group) is 1. The zero-order chi connectivity index (χ0) is 13.0. The molecule has 0 saturated carbocycles. The van der Waals surface area contributed by atoms with E-state index in [-0.39, 0.29) is 0 Å². The number of benzene rings is 1. The van der Waals surface area contributed by atoms with E-state index in [2.05, 4.69) is 24.1 Å². The fourth-order valence-electron chi connectivity index (χ4n) is 2.43. The smallest absolute Gasteiger partial charge is 0.102 e. The van der Waals surface area contributed by atoms with Crippen molar-refractivity contribution in [1.29, 1.82) is 0 Å². The number of anilines is 2. The second-order valence-corrected chi connectivity index (χ2v) is 5.36. The molecule has 0 unspecified atom stereocenters. The third-order valence-electron chi connectivity index (χ3n) is 3.91. The summed E-state index contributed by atoms with van der Waals surface area (Å²) >= 11 is 0. The van der Waals surface area contributed by atoms with E-state index in [1.807, 2.05) is 12.1 Å². The summed E-state index contributed by atoms with van der Waals surface area (Å²) < 4.78 is 6.30. The van der Waals surface area contributed by atoms with Crippen LogP contribution in [-0.4, -0.2) is 58.0 Å². The number of ether oxygens (including phenoxy) is 1. The van der Waals surface area contributed by atoms with E-state index in [0.717, 1.165) is 36.4 Å². The number of hydrogen-bond donors (Lipinski definition) is 1. The maximum absolute atomic E-state index is 5.72. The van der Waals surface area contributed by atoms with E-state index in [0.29, 0.717) is 0 Å². The van der Waals surface area contributed by atoms with Gasteiger partial charge in [-0.3, -0.25) is 0 Å². The van der Waals surface area contributed by atoms with Crippen LogP contribution >= 0.6 is 0 Å².